The number of aliphatic hydroxyl groups is 1. The van der Waals surface area contributed by atoms with Gasteiger partial charge in [-0.15, -0.1) is 0 Å². The molecule has 0 amide bonds. The Kier molecular flexibility index (Phi) is 3.92. The number of guanidine groups is 1. The first-order chi connectivity index (χ1) is 12.4. The highest BCUT2D eigenvalue weighted by atomic mass is 16.3. The molecule has 1 aliphatic carbocycles. The lowest BCUT2D eigenvalue weighted by Gasteiger charge is -2.36. The van der Waals surface area contributed by atoms with Crippen LogP contribution in [0.2, 0.25) is 0 Å². The number of nitrogens with two attached hydrogens (primary N) is 1. The Bertz CT molecular complexity index is 860. The van der Waals surface area contributed by atoms with E-state index in [1.54, 1.807) is 17.0 Å². The van der Waals surface area contributed by atoms with Crippen LogP contribution in [-0.4, -0.2) is 33.3 Å². The summed E-state index contributed by atoms with van der Waals surface area (Å²) in [4.78, 5) is 6.61. The van der Waals surface area contributed by atoms with Crippen molar-refractivity contribution in [1.82, 2.24) is 4.90 Å². The van der Waals surface area contributed by atoms with Crippen LogP contribution < -0.4 is 5.73 Å². The van der Waals surface area contributed by atoms with Crippen molar-refractivity contribution < 1.29 is 10.2 Å². The second-order valence-corrected chi connectivity index (χ2v) is 7.58. The van der Waals surface area contributed by atoms with Gasteiger partial charge in [0.05, 0.1) is 0 Å². The second-order valence-electron chi connectivity index (χ2n) is 7.58. The number of nitrogens with zero attached hydrogens (tertiary/aromatic N) is 2. The third-order valence-corrected chi connectivity index (χ3v) is 5.48. The van der Waals surface area contributed by atoms with E-state index in [1.807, 2.05) is 44.2 Å². The van der Waals surface area contributed by atoms with Gasteiger partial charge in [-0.3, -0.25) is 0 Å². The van der Waals surface area contributed by atoms with Crippen molar-refractivity contribution >= 4 is 5.96 Å². The molecule has 5 nitrogen and oxygen atoms in total. The van der Waals surface area contributed by atoms with Gasteiger partial charge in [0.25, 0.3) is 0 Å². The lowest BCUT2D eigenvalue weighted by molar-refractivity contribution is -0.0192. The molecule has 2 aromatic carbocycles. The Morgan fingerprint density at radius 1 is 1.12 bits per heavy atom. The quantitative estimate of drug-likeness (QED) is 0.791. The summed E-state index contributed by atoms with van der Waals surface area (Å²) >= 11 is 0. The molecule has 2 aromatic rings. The minimum atomic E-state index is -0.769. The summed E-state index contributed by atoms with van der Waals surface area (Å²) in [6.45, 7) is 4.02. The summed E-state index contributed by atoms with van der Waals surface area (Å²) in [5.74, 6) is 0.931. The lowest BCUT2D eigenvalue weighted by Crippen LogP contribution is -2.50. The maximum atomic E-state index is 11.2. The van der Waals surface area contributed by atoms with Crippen molar-refractivity contribution in [1.29, 1.82) is 0 Å². The molecule has 0 saturated heterocycles. The van der Waals surface area contributed by atoms with E-state index in [4.69, 9.17) is 10.7 Å². The highest BCUT2D eigenvalue weighted by Crippen LogP contribution is 2.54. The molecule has 1 fully saturated rings. The SMILES string of the molecule is CC(C)N1C(N)=NC(c2cccc(-c3cccc(O)c3)c2)(C2CC2)C1O. The topological polar surface area (TPSA) is 82.1 Å². The Labute approximate surface area is 153 Å². The molecule has 0 radical (unpaired) electrons. The molecule has 5 heteroatoms. The third-order valence-electron chi connectivity index (χ3n) is 5.48. The van der Waals surface area contributed by atoms with Crippen LogP contribution in [0.15, 0.2) is 53.5 Å². The summed E-state index contributed by atoms with van der Waals surface area (Å²) in [6.07, 6.45) is 1.31. The largest absolute Gasteiger partial charge is 0.508 e. The molecular formula is C21H25N3O2. The molecule has 1 heterocycles. The number of benzene rings is 2. The zero-order chi connectivity index (χ0) is 18.5. The van der Waals surface area contributed by atoms with Crippen molar-refractivity contribution in [3.05, 3.63) is 54.1 Å². The fraction of sp³-hybridized carbons (Fsp3) is 0.381. The molecule has 2 unspecified atom stereocenters. The normalized spacial score (nSPS) is 25.6. The number of phenols is 1. The number of aromatic hydroxyl groups is 1. The zero-order valence-electron chi connectivity index (χ0n) is 15.1. The summed E-state index contributed by atoms with van der Waals surface area (Å²) in [5.41, 5.74) is 8.37. The first-order valence-corrected chi connectivity index (χ1v) is 9.15. The standard InChI is InChI=1S/C21H25N3O2/c1-13(2)24-19(26)21(16-9-10-16,23-20(24)22)17-7-3-5-14(11-17)15-6-4-8-18(25)12-15/h3-8,11-13,16,19,25-26H,9-10H2,1-2H3,(H2,22,23). The van der Waals surface area contributed by atoms with E-state index in [1.165, 1.54) is 0 Å². The Morgan fingerprint density at radius 3 is 2.35 bits per heavy atom. The van der Waals surface area contributed by atoms with Crippen LogP contribution in [0.4, 0.5) is 0 Å². The van der Waals surface area contributed by atoms with Gasteiger partial charge in [0.1, 0.15) is 11.3 Å². The van der Waals surface area contributed by atoms with Crippen LogP contribution >= 0.6 is 0 Å². The van der Waals surface area contributed by atoms with Crippen LogP contribution in [0.5, 0.6) is 5.75 Å². The minimum absolute atomic E-state index is 0.0728. The number of hydrogen-bond acceptors (Lipinski definition) is 5. The molecule has 2 atom stereocenters. The molecule has 26 heavy (non-hydrogen) atoms. The summed E-state index contributed by atoms with van der Waals surface area (Å²) in [7, 11) is 0. The monoisotopic (exact) mass is 351 g/mol. The smallest absolute Gasteiger partial charge is 0.194 e. The third kappa shape index (κ3) is 2.54. The van der Waals surface area contributed by atoms with Gasteiger partial charge in [0.2, 0.25) is 0 Å². The molecule has 136 valence electrons. The van der Waals surface area contributed by atoms with E-state index in [2.05, 4.69) is 6.07 Å². The lowest BCUT2D eigenvalue weighted by atomic mass is 9.82. The van der Waals surface area contributed by atoms with E-state index >= 15 is 0 Å². The molecular weight excluding hydrogens is 326 g/mol. The molecule has 4 rings (SSSR count). The van der Waals surface area contributed by atoms with E-state index in [-0.39, 0.29) is 11.8 Å². The average Bonchev–Trinajstić information content (AvgIpc) is 3.41. The van der Waals surface area contributed by atoms with E-state index in [0.29, 0.717) is 11.9 Å². The van der Waals surface area contributed by atoms with Gasteiger partial charge < -0.3 is 20.8 Å². The summed E-state index contributed by atoms with van der Waals surface area (Å²) < 4.78 is 0. The number of hydrogen-bond donors (Lipinski definition) is 3. The van der Waals surface area contributed by atoms with Gasteiger partial charge in [0, 0.05) is 6.04 Å². The average molecular weight is 351 g/mol. The highest BCUT2D eigenvalue weighted by molar-refractivity contribution is 5.82. The minimum Gasteiger partial charge on any atom is -0.508 e. The zero-order valence-corrected chi connectivity index (χ0v) is 15.1. The van der Waals surface area contributed by atoms with Gasteiger partial charge in [-0.05, 0) is 67.5 Å². The van der Waals surface area contributed by atoms with E-state index in [0.717, 1.165) is 29.5 Å². The molecule has 2 aliphatic rings. The van der Waals surface area contributed by atoms with Crippen molar-refractivity contribution in [2.24, 2.45) is 16.6 Å². The van der Waals surface area contributed by atoms with Crippen molar-refractivity contribution in [3.8, 4) is 16.9 Å². The molecule has 4 N–H and O–H groups in total. The van der Waals surface area contributed by atoms with Gasteiger partial charge in [-0.2, -0.15) is 0 Å². The van der Waals surface area contributed by atoms with Crippen molar-refractivity contribution in [2.45, 2.75) is 44.5 Å². The van der Waals surface area contributed by atoms with Crippen molar-refractivity contribution in [2.75, 3.05) is 0 Å². The van der Waals surface area contributed by atoms with Gasteiger partial charge >= 0.3 is 0 Å². The fourth-order valence-electron chi connectivity index (χ4n) is 4.10. The van der Waals surface area contributed by atoms with Crippen LogP contribution in [0.25, 0.3) is 11.1 Å². The fourth-order valence-corrected chi connectivity index (χ4v) is 4.10. The van der Waals surface area contributed by atoms with E-state index in [9.17, 15) is 10.2 Å². The molecule has 1 aliphatic heterocycles. The molecule has 0 aromatic heterocycles. The van der Waals surface area contributed by atoms with Crippen LogP contribution in [0, 0.1) is 5.92 Å². The number of rotatable bonds is 4. The number of aliphatic imine (C=N–C) groups is 1. The molecule has 1 saturated carbocycles. The van der Waals surface area contributed by atoms with Gasteiger partial charge in [-0.25, -0.2) is 4.99 Å². The predicted octanol–water partition coefficient (Wildman–Crippen LogP) is 3.02. The Balaban J connectivity index is 1.81. The Hall–Kier alpha value is -2.53. The molecule has 0 bridgehead atoms. The Morgan fingerprint density at radius 2 is 1.77 bits per heavy atom. The maximum absolute atomic E-state index is 11.2. The van der Waals surface area contributed by atoms with E-state index < -0.39 is 11.8 Å². The summed E-state index contributed by atoms with van der Waals surface area (Å²) in [6, 6.07) is 15.3. The predicted molar refractivity (Wildman–Crippen MR) is 103 cm³/mol. The summed E-state index contributed by atoms with van der Waals surface area (Å²) in [5, 5.41) is 21.0. The van der Waals surface area contributed by atoms with Gasteiger partial charge in [-0.1, -0.05) is 30.3 Å². The van der Waals surface area contributed by atoms with Crippen LogP contribution in [0.1, 0.15) is 32.3 Å². The first-order valence-electron chi connectivity index (χ1n) is 9.15. The van der Waals surface area contributed by atoms with Crippen molar-refractivity contribution in [3.63, 3.8) is 0 Å². The number of phenolic OH excluding ortho intramolecular Hbond substituents is 1. The first kappa shape index (κ1) is 16.9. The molecule has 0 spiro atoms. The van der Waals surface area contributed by atoms with Crippen LogP contribution in [0.3, 0.4) is 0 Å². The number of aliphatic hydroxyl groups excluding tert-OH is 1. The van der Waals surface area contributed by atoms with Gasteiger partial charge in [0.15, 0.2) is 12.2 Å². The van der Waals surface area contributed by atoms with Crippen LogP contribution in [-0.2, 0) is 5.54 Å². The highest BCUT2D eigenvalue weighted by Gasteiger charge is 2.57. The maximum Gasteiger partial charge on any atom is 0.194 e. The second kappa shape index (κ2) is 6.02.